The quantitative estimate of drug-likeness (QED) is 0.0786. The summed E-state index contributed by atoms with van der Waals surface area (Å²) >= 11 is 4.35. The number of anilines is 1. The number of aromatic nitrogens is 4. The van der Waals surface area contributed by atoms with E-state index in [1.165, 1.54) is 6.33 Å². The van der Waals surface area contributed by atoms with Crippen molar-refractivity contribution in [3.8, 4) is 0 Å². The molecule has 2 heterocycles. The van der Waals surface area contributed by atoms with Crippen LogP contribution in [0.5, 0.6) is 0 Å². The minimum Gasteiger partial charge on any atom is -0.481 e. The SMILES string of the molecule is CC(O[C@H](CO)[C@H](O)CO)n1cnc2c(S)nc(NC/C=C/CNC(=O)C(N)CCC(=O)O)nc21. The van der Waals surface area contributed by atoms with Crippen LogP contribution < -0.4 is 16.4 Å². The molecule has 2 rings (SSSR count). The number of carboxylic acids is 1. The number of hydrogen-bond acceptors (Lipinski definition) is 12. The lowest BCUT2D eigenvalue weighted by Crippen LogP contribution is -2.40. The fourth-order valence-electron chi connectivity index (χ4n) is 2.96. The molecular formula is C20H31N7O7S. The molecule has 0 aromatic carbocycles. The van der Waals surface area contributed by atoms with Crippen molar-refractivity contribution in [2.75, 3.05) is 31.6 Å². The first-order valence-corrected chi connectivity index (χ1v) is 11.2. The minimum absolute atomic E-state index is 0.0568. The summed E-state index contributed by atoms with van der Waals surface area (Å²) < 4.78 is 7.22. The van der Waals surface area contributed by atoms with E-state index in [1.807, 2.05) is 0 Å². The van der Waals surface area contributed by atoms with E-state index in [9.17, 15) is 19.8 Å². The van der Waals surface area contributed by atoms with Crippen LogP contribution in [0, 0.1) is 0 Å². The highest BCUT2D eigenvalue weighted by molar-refractivity contribution is 7.80. The molecule has 0 aliphatic rings. The molecule has 0 saturated carbocycles. The van der Waals surface area contributed by atoms with Gasteiger partial charge in [-0.25, -0.2) is 9.97 Å². The van der Waals surface area contributed by atoms with Crippen molar-refractivity contribution in [3.63, 3.8) is 0 Å². The number of aliphatic hydroxyl groups excluding tert-OH is 3. The van der Waals surface area contributed by atoms with E-state index in [1.54, 1.807) is 23.6 Å². The van der Waals surface area contributed by atoms with Gasteiger partial charge in [0.25, 0.3) is 0 Å². The number of aliphatic hydroxyl groups is 3. The molecule has 2 unspecified atom stereocenters. The Morgan fingerprint density at radius 1 is 1.26 bits per heavy atom. The Morgan fingerprint density at radius 2 is 1.97 bits per heavy atom. The third-order valence-corrected chi connectivity index (χ3v) is 5.22. The standard InChI is InChI=1S/C20H31N7O7S/c1-11(34-14(9-29)13(30)8-28)27-10-24-16-17(27)25-20(26-19(16)35)23-7-3-2-6-22-18(33)12(21)4-5-15(31)32/h2-3,10-14,28-30H,4-9,21H2,1H3,(H,22,33)(H,31,32)(H2,23,25,26,35)/b3-2+/t11?,12?,13-,14-/m1/s1. The predicted octanol–water partition coefficient (Wildman–Crippen LogP) is -1.36. The highest BCUT2D eigenvalue weighted by Crippen LogP contribution is 2.23. The zero-order valence-corrected chi connectivity index (χ0v) is 20.0. The van der Waals surface area contributed by atoms with E-state index in [-0.39, 0.29) is 25.3 Å². The Hall–Kier alpha value is -2.82. The van der Waals surface area contributed by atoms with Gasteiger partial charge in [-0.2, -0.15) is 4.98 Å². The van der Waals surface area contributed by atoms with E-state index in [2.05, 4.69) is 38.2 Å². The van der Waals surface area contributed by atoms with Gasteiger partial charge < -0.3 is 41.5 Å². The van der Waals surface area contributed by atoms with Gasteiger partial charge in [0.2, 0.25) is 11.9 Å². The number of rotatable bonds is 15. The first-order chi connectivity index (χ1) is 16.7. The summed E-state index contributed by atoms with van der Waals surface area (Å²) in [5.41, 5.74) is 6.47. The van der Waals surface area contributed by atoms with Crippen LogP contribution in [0.15, 0.2) is 23.5 Å². The van der Waals surface area contributed by atoms with E-state index < -0.39 is 49.6 Å². The molecule has 0 spiro atoms. The van der Waals surface area contributed by atoms with Crippen LogP contribution in [0.2, 0.25) is 0 Å². The van der Waals surface area contributed by atoms with E-state index in [4.69, 9.17) is 20.7 Å². The monoisotopic (exact) mass is 513 g/mol. The van der Waals surface area contributed by atoms with Gasteiger partial charge in [0.1, 0.15) is 29.0 Å². The van der Waals surface area contributed by atoms with E-state index >= 15 is 0 Å². The Morgan fingerprint density at radius 3 is 2.63 bits per heavy atom. The number of imidazole rings is 1. The number of hydrogen-bond donors (Lipinski definition) is 8. The minimum atomic E-state index is -1.25. The molecule has 35 heavy (non-hydrogen) atoms. The number of carboxylic acid groups (broad SMARTS) is 1. The highest BCUT2D eigenvalue weighted by Gasteiger charge is 2.23. The molecule has 0 bridgehead atoms. The maximum absolute atomic E-state index is 11.8. The topological polar surface area (TPSA) is 218 Å². The molecule has 0 aliphatic heterocycles. The van der Waals surface area contributed by atoms with E-state index in [0.717, 1.165) is 0 Å². The molecule has 8 N–H and O–H groups in total. The average molecular weight is 514 g/mol. The van der Waals surface area contributed by atoms with Crippen LogP contribution in [0.25, 0.3) is 11.2 Å². The lowest BCUT2D eigenvalue weighted by Gasteiger charge is -2.24. The first-order valence-electron chi connectivity index (χ1n) is 10.8. The fourth-order valence-corrected chi connectivity index (χ4v) is 3.21. The van der Waals surface area contributed by atoms with Gasteiger partial charge >= 0.3 is 5.97 Å². The number of nitrogens with two attached hydrogens (primary N) is 1. The molecule has 14 nitrogen and oxygen atoms in total. The third kappa shape index (κ3) is 8.41. The summed E-state index contributed by atoms with van der Waals surface area (Å²) in [6.07, 6.45) is 1.84. The zero-order chi connectivity index (χ0) is 26.0. The van der Waals surface area contributed by atoms with Crippen LogP contribution in [-0.4, -0.2) is 96.4 Å². The summed E-state index contributed by atoms with van der Waals surface area (Å²) in [5, 5.41) is 42.8. The second kappa shape index (κ2) is 13.9. The van der Waals surface area contributed by atoms with Crippen LogP contribution in [-0.2, 0) is 14.3 Å². The van der Waals surface area contributed by atoms with Crippen molar-refractivity contribution in [2.45, 2.75) is 49.3 Å². The van der Waals surface area contributed by atoms with Crippen molar-refractivity contribution >= 4 is 41.6 Å². The number of nitrogens with one attached hydrogen (secondary N) is 2. The number of amides is 1. The van der Waals surface area contributed by atoms with Crippen molar-refractivity contribution in [1.82, 2.24) is 24.8 Å². The molecule has 1 amide bonds. The van der Waals surface area contributed by atoms with Gasteiger partial charge in [-0.3, -0.25) is 14.2 Å². The smallest absolute Gasteiger partial charge is 0.303 e. The van der Waals surface area contributed by atoms with Gasteiger partial charge in [-0.05, 0) is 13.3 Å². The van der Waals surface area contributed by atoms with Gasteiger partial charge in [-0.15, -0.1) is 12.6 Å². The van der Waals surface area contributed by atoms with Gasteiger partial charge in [0.05, 0.1) is 25.6 Å². The number of ether oxygens (including phenoxy) is 1. The first kappa shape index (κ1) is 28.4. The zero-order valence-electron chi connectivity index (χ0n) is 19.1. The fraction of sp³-hybridized carbons (Fsp3) is 0.550. The van der Waals surface area contributed by atoms with Crippen molar-refractivity contribution in [3.05, 3.63) is 18.5 Å². The average Bonchev–Trinajstić information content (AvgIpc) is 3.27. The number of thiol groups is 1. The molecule has 0 aliphatic carbocycles. The van der Waals surface area contributed by atoms with Crippen LogP contribution in [0.4, 0.5) is 5.95 Å². The van der Waals surface area contributed by atoms with Crippen molar-refractivity contribution in [2.24, 2.45) is 5.73 Å². The summed E-state index contributed by atoms with van der Waals surface area (Å²) in [6, 6.07) is -0.887. The Balaban J connectivity index is 1.94. The van der Waals surface area contributed by atoms with E-state index in [0.29, 0.717) is 22.7 Å². The predicted molar refractivity (Wildman–Crippen MR) is 128 cm³/mol. The van der Waals surface area contributed by atoms with Crippen LogP contribution >= 0.6 is 12.6 Å². The maximum atomic E-state index is 11.8. The second-order valence-electron chi connectivity index (χ2n) is 7.54. The largest absolute Gasteiger partial charge is 0.481 e. The van der Waals surface area contributed by atoms with Gasteiger partial charge in [0, 0.05) is 19.5 Å². The number of nitrogens with zero attached hydrogens (tertiary/aromatic N) is 4. The normalized spacial score (nSPS) is 15.1. The number of aliphatic carboxylic acids is 1. The van der Waals surface area contributed by atoms with Gasteiger partial charge in [-0.1, -0.05) is 12.2 Å². The number of carbonyl (C=O) groups excluding carboxylic acids is 1. The molecule has 4 atom stereocenters. The highest BCUT2D eigenvalue weighted by atomic mass is 32.1. The molecule has 15 heteroatoms. The Kier molecular flexibility index (Phi) is 11.3. The summed E-state index contributed by atoms with van der Waals surface area (Å²) in [4.78, 5) is 35.2. The summed E-state index contributed by atoms with van der Waals surface area (Å²) in [5.74, 6) is -1.18. The summed E-state index contributed by atoms with van der Waals surface area (Å²) in [6.45, 7) is 1.17. The maximum Gasteiger partial charge on any atom is 0.303 e. The van der Waals surface area contributed by atoms with Crippen molar-refractivity contribution in [1.29, 1.82) is 0 Å². The molecule has 0 saturated heterocycles. The molecule has 2 aromatic heterocycles. The third-order valence-electron chi connectivity index (χ3n) is 4.91. The molecular weight excluding hydrogens is 482 g/mol. The molecule has 2 aromatic rings. The molecule has 0 radical (unpaired) electrons. The van der Waals surface area contributed by atoms with Crippen molar-refractivity contribution < 1.29 is 34.8 Å². The van der Waals surface area contributed by atoms with Gasteiger partial charge in [0.15, 0.2) is 5.65 Å². The van der Waals surface area contributed by atoms with Crippen LogP contribution in [0.3, 0.4) is 0 Å². The Bertz CT molecular complexity index is 1020. The lowest BCUT2D eigenvalue weighted by molar-refractivity contribution is -0.137. The van der Waals surface area contributed by atoms with Crippen LogP contribution in [0.1, 0.15) is 26.0 Å². The number of fused-ring (bicyclic) bond motifs is 1. The lowest BCUT2D eigenvalue weighted by atomic mass is 10.1. The molecule has 194 valence electrons. The summed E-state index contributed by atoms with van der Waals surface area (Å²) in [7, 11) is 0. The number of carbonyl (C=O) groups is 2. The second-order valence-corrected chi connectivity index (χ2v) is 7.96. The Labute approximate surface area is 206 Å². The molecule has 0 fully saturated rings.